The molecular weight excluding hydrogens is 434 g/mol. The lowest BCUT2D eigenvalue weighted by Gasteiger charge is -2.35. The molecule has 2 aromatic heterocycles. The summed E-state index contributed by atoms with van der Waals surface area (Å²) in [5.41, 5.74) is 2.93. The number of benzene rings is 2. The summed E-state index contributed by atoms with van der Waals surface area (Å²) in [6, 6.07) is 15.8. The van der Waals surface area contributed by atoms with Crippen LogP contribution in [0.2, 0.25) is 0 Å². The number of rotatable bonds is 5. The summed E-state index contributed by atoms with van der Waals surface area (Å²) < 4.78 is 0. The van der Waals surface area contributed by atoms with Gasteiger partial charge < -0.3 is 9.80 Å². The Kier molecular flexibility index (Phi) is 5.62. The number of fused-ring (bicyclic) bond motifs is 1. The average molecular weight is 457 g/mol. The van der Waals surface area contributed by atoms with Gasteiger partial charge in [0.2, 0.25) is 0 Å². The smallest absolute Gasteiger partial charge is 0.275 e. The Balaban J connectivity index is 1.33. The number of aryl methyl sites for hydroxylation is 1. The summed E-state index contributed by atoms with van der Waals surface area (Å²) in [7, 11) is 0. The number of nitrogens with zero attached hydrogens (tertiary/aromatic N) is 6. The Labute approximate surface area is 195 Å². The van der Waals surface area contributed by atoms with Gasteiger partial charge in [0.05, 0.1) is 10.4 Å². The van der Waals surface area contributed by atoms with Gasteiger partial charge in [0.1, 0.15) is 5.82 Å². The first-order valence-electron chi connectivity index (χ1n) is 11.1. The van der Waals surface area contributed by atoms with E-state index in [0.717, 1.165) is 34.4 Å². The number of carbonyl (C=O) groups excluding carboxylic acids is 1. The number of anilines is 1. The van der Waals surface area contributed by atoms with Gasteiger partial charge >= 0.3 is 0 Å². The third-order valence-corrected chi connectivity index (χ3v) is 6.03. The first-order chi connectivity index (χ1) is 16.5. The third-order valence-electron chi connectivity index (χ3n) is 6.03. The molecule has 1 aliphatic heterocycles. The zero-order valence-corrected chi connectivity index (χ0v) is 18.6. The van der Waals surface area contributed by atoms with Crippen molar-refractivity contribution in [1.29, 1.82) is 0 Å². The molecule has 0 saturated carbocycles. The Bertz CT molecular complexity index is 1360. The van der Waals surface area contributed by atoms with Crippen molar-refractivity contribution in [3.8, 4) is 11.4 Å². The molecule has 0 bridgehead atoms. The number of hydrogen-bond donors (Lipinski definition) is 1. The average Bonchev–Trinajstić information content (AvgIpc) is 3.32. The first kappa shape index (κ1) is 21.5. The highest BCUT2D eigenvalue weighted by Crippen LogP contribution is 2.24. The van der Waals surface area contributed by atoms with Gasteiger partial charge in [-0.05, 0) is 24.6 Å². The van der Waals surface area contributed by atoms with E-state index in [2.05, 4.69) is 20.1 Å². The molecule has 0 radical (unpaired) electrons. The fraction of sp³-hybridized carbons (Fsp3) is 0.250. The van der Waals surface area contributed by atoms with Crippen molar-refractivity contribution >= 4 is 28.3 Å². The van der Waals surface area contributed by atoms with Gasteiger partial charge in [-0.3, -0.25) is 20.0 Å². The monoisotopic (exact) mass is 457 g/mol. The van der Waals surface area contributed by atoms with Crippen LogP contribution in [0.3, 0.4) is 0 Å². The molecule has 10 nitrogen and oxygen atoms in total. The number of aromatic nitrogens is 4. The molecule has 0 aliphatic carbocycles. The highest BCUT2D eigenvalue weighted by molar-refractivity contribution is 6.04. The van der Waals surface area contributed by atoms with E-state index in [4.69, 9.17) is 4.98 Å². The number of piperazine rings is 1. The Morgan fingerprint density at radius 1 is 1.06 bits per heavy atom. The second-order valence-electron chi connectivity index (χ2n) is 8.10. The fourth-order valence-electron chi connectivity index (χ4n) is 4.10. The standard InChI is InChI=1S/C24H23N7O3/c1-2-17-15-21(26-23(25-17)16-7-9-18(10-8-16)31(33)34)29-11-13-30(14-12-29)24(32)22-19-5-3-4-6-20(19)27-28-22/h3-10,15H,2,11-14H2,1H3,(H,27,28). The van der Waals surface area contributed by atoms with Crippen molar-refractivity contribution in [2.75, 3.05) is 31.1 Å². The lowest BCUT2D eigenvalue weighted by atomic mass is 10.1. The molecular formula is C24H23N7O3. The zero-order valence-electron chi connectivity index (χ0n) is 18.6. The van der Waals surface area contributed by atoms with Crippen LogP contribution in [0.5, 0.6) is 0 Å². The molecule has 34 heavy (non-hydrogen) atoms. The minimum atomic E-state index is -0.425. The Morgan fingerprint density at radius 3 is 2.50 bits per heavy atom. The van der Waals surface area contributed by atoms with Crippen molar-refractivity contribution in [3.05, 3.63) is 76.1 Å². The van der Waals surface area contributed by atoms with E-state index in [0.29, 0.717) is 37.7 Å². The van der Waals surface area contributed by atoms with E-state index in [1.54, 1.807) is 12.1 Å². The van der Waals surface area contributed by atoms with Crippen LogP contribution in [-0.2, 0) is 6.42 Å². The van der Waals surface area contributed by atoms with Gasteiger partial charge in [-0.1, -0.05) is 25.1 Å². The van der Waals surface area contributed by atoms with Crippen LogP contribution in [-0.4, -0.2) is 62.1 Å². The van der Waals surface area contributed by atoms with Crippen LogP contribution in [0.1, 0.15) is 23.1 Å². The van der Waals surface area contributed by atoms with Crippen LogP contribution in [0.15, 0.2) is 54.6 Å². The maximum absolute atomic E-state index is 13.1. The minimum Gasteiger partial charge on any atom is -0.353 e. The highest BCUT2D eigenvalue weighted by atomic mass is 16.6. The highest BCUT2D eigenvalue weighted by Gasteiger charge is 2.26. The largest absolute Gasteiger partial charge is 0.353 e. The molecule has 1 amide bonds. The van der Waals surface area contributed by atoms with Crippen LogP contribution in [0, 0.1) is 10.1 Å². The number of nitro groups is 1. The molecule has 1 fully saturated rings. The summed E-state index contributed by atoms with van der Waals surface area (Å²) in [5.74, 6) is 1.24. The quantitative estimate of drug-likeness (QED) is 0.360. The second-order valence-corrected chi connectivity index (χ2v) is 8.10. The molecule has 2 aromatic carbocycles. The molecule has 10 heteroatoms. The van der Waals surface area contributed by atoms with E-state index < -0.39 is 4.92 Å². The first-order valence-corrected chi connectivity index (χ1v) is 11.1. The SMILES string of the molecule is CCc1cc(N2CCN(C(=O)c3n[nH]c4ccccc34)CC2)nc(-c2ccc([N+](=O)[O-])cc2)n1. The molecule has 5 rings (SSSR count). The summed E-state index contributed by atoms with van der Waals surface area (Å²) in [4.78, 5) is 36.9. The summed E-state index contributed by atoms with van der Waals surface area (Å²) in [6.07, 6.45) is 0.736. The fourth-order valence-corrected chi connectivity index (χ4v) is 4.10. The van der Waals surface area contributed by atoms with Crippen LogP contribution >= 0.6 is 0 Å². The number of hydrogen-bond acceptors (Lipinski definition) is 7. The minimum absolute atomic E-state index is 0.0288. The normalized spacial score (nSPS) is 13.9. The van der Waals surface area contributed by atoms with E-state index in [1.165, 1.54) is 12.1 Å². The molecule has 0 unspecified atom stereocenters. The molecule has 172 valence electrons. The molecule has 1 saturated heterocycles. The Morgan fingerprint density at radius 2 is 1.79 bits per heavy atom. The lowest BCUT2D eigenvalue weighted by Crippen LogP contribution is -2.49. The zero-order chi connectivity index (χ0) is 23.7. The Hall–Kier alpha value is -4.34. The van der Waals surface area contributed by atoms with Gasteiger partial charge in [-0.2, -0.15) is 5.10 Å². The molecule has 4 aromatic rings. The predicted octanol–water partition coefficient (Wildman–Crippen LogP) is 3.45. The van der Waals surface area contributed by atoms with Gasteiger partial charge in [0.15, 0.2) is 11.5 Å². The predicted molar refractivity (Wildman–Crippen MR) is 128 cm³/mol. The van der Waals surface area contributed by atoms with Crippen molar-refractivity contribution in [2.24, 2.45) is 0 Å². The lowest BCUT2D eigenvalue weighted by molar-refractivity contribution is -0.384. The maximum atomic E-state index is 13.1. The summed E-state index contributed by atoms with van der Waals surface area (Å²) >= 11 is 0. The second kappa shape index (κ2) is 8.89. The maximum Gasteiger partial charge on any atom is 0.275 e. The molecule has 3 heterocycles. The number of nitrogens with one attached hydrogen (secondary N) is 1. The topological polar surface area (TPSA) is 121 Å². The van der Waals surface area contributed by atoms with E-state index in [1.807, 2.05) is 42.2 Å². The number of aromatic amines is 1. The van der Waals surface area contributed by atoms with Crippen molar-refractivity contribution in [3.63, 3.8) is 0 Å². The number of H-pyrrole nitrogens is 1. The molecule has 1 N–H and O–H groups in total. The van der Waals surface area contributed by atoms with Crippen LogP contribution in [0.25, 0.3) is 22.3 Å². The van der Waals surface area contributed by atoms with Crippen molar-refractivity contribution in [1.82, 2.24) is 25.1 Å². The molecule has 0 spiro atoms. The van der Waals surface area contributed by atoms with Gasteiger partial charge in [-0.25, -0.2) is 9.97 Å². The summed E-state index contributed by atoms with van der Waals surface area (Å²) in [6.45, 7) is 4.40. The molecule has 1 aliphatic rings. The van der Waals surface area contributed by atoms with Crippen molar-refractivity contribution < 1.29 is 9.72 Å². The van der Waals surface area contributed by atoms with Crippen LogP contribution < -0.4 is 4.90 Å². The number of nitro benzene ring substituents is 1. The molecule has 0 atom stereocenters. The third kappa shape index (κ3) is 4.05. The van der Waals surface area contributed by atoms with Crippen molar-refractivity contribution in [2.45, 2.75) is 13.3 Å². The van der Waals surface area contributed by atoms with Gasteiger partial charge in [0.25, 0.3) is 11.6 Å². The summed E-state index contributed by atoms with van der Waals surface area (Å²) in [5, 5.41) is 18.9. The number of para-hydroxylation sites is 1. The number of non-ortho nitro benzene ring substituents is 1. The van der Waals surface area contributed by atoms with Crippen LogP contribution in [0.4, 0.5) is 11.5 Å². The number of carbonyl (C=O) groups is 1. The van der Waals surface area contributed by atoms with E-state index in [9.17, 15) is 14.9 Å². The van der Waals surface area contributed by atoms with Gasteiger partial charge in [-0.15, -0.1) is 0 Å². The van der Waals surface area contributed by atoms with E-state index in [-0.39, 0.29) is 11.6 Å². The van der Waals surface area contributed by atoms with Gasteiger partial charge in [0, 0.05) is 61.0 Å². The number of amides is 1. The van der Waals surface area contributed by atoms with E-state index >= 15 is 0 Å².